The van der Waals surface area contributed by atoms with Crippen molar-refractivity contribution in [3.63, 3.8) is 0 Å². The molecule has 5 heteroatoms. The number of hydrogen-bond donors (Lipinski definition) is 2. The molecule has 2 unspecified atom stereocenters. The van der Waals surface area contributed by atoms with Crippen LogP contribution in [0.5, 0.6) is 0 Å². The molecule has 0 radical (unpaired) electrons. The summed E-state index contributed by atoms with van der Waals surface area (Å²) in [7, 11) is 0. The number of aliphatic carboxylic acids is 1. The molecule has 1 saturated heterocycles. The maximum atomic E-state index is 11.7. The third kappa shape index (κ3) is 3.78. The second-order valence-corrected chi connectivity index (χ2v) is 6.71. The second-order valence-electron chi connectivity index (χ2n) is 6.71. The first-order valence-corrected chi connectivity index (χ1v) is 8.74. The van der Waals surface area contributed by atoms with Gasteiger partial charge in [0, 0.05) is 12.8 Å². The molecule has 1 amide bonds. The molecular weight excluding hydrogens is 330 g/mol. The molecule has 0 saturated carbocycles. The lowest BCUT2D eigenvalue weighted by Crippen LogP contribution is -2.47. The summed E-state index contributed by atoms with van der Waals surface area (Å²) in [4.78, 5) is 23.1. The molecule has 136 valence electrons. The molecule has 2 aromatic carbocycles. The van der Waals surface area contributed by atoms with Crippen molar-refractivity contribution in [1.29, 1.82) is 0 Å². The summed E-state index contributed by atoms with van der Waals surface area (Å²) in [5.41, 5.74) is 1.02. The molecule has 1 fully saturated rings. The van der Waals surface area contributed by atoms with Crippen LogP contribution in [0.2, 0.25) is 0 Å². The van der Waals surface area contributed by atoms with Crippen molar-refractivity contribution in [2.45, 2.75) is 38.0 Å². The van der Waals surface area contributed by atoms with Crippen molar-refractivity contribution in [2.75, 3.05) is 0 Å². The van der Waals surface area contributed by atoms with Crippen molar-refractivity contribution < 1.29 is 19.4 Å². The van der Waals surface area contributed by atoms with E-state index in [-0.39, 0.29) is 24.0 Å². The molecule has 1 aliphatic rings. The van der Waals surface area contributed by atoms with Gasteiger partial charge >= 0.3 is 5.97 Å². The highest BCUT2D eigenvalue weighted by Crippen LogP contribution is 2.41. The molecule has 4 atom stereocenters. The monoisotopic (exact) mass is 353 g/mol. The van der Waals surface area contributed by atoms with Gasteiger partial charge in [-0.25, -0.2) is 4.79 Å². The lowest BCUT2D eigenvalue weighted by molar-refractivity contribution is -0.143. The molecule has 2 N–H and O–H groups in total. The zero-order chi connectivity index (χ0) is 18.7. The number of carbonyl (C=O) groups is 2. The Balaban J connectivity index is 1.88. The highest BCUT2D eigenvalue weighted by molar-refractivity contribution is 5.83. The summed E-state index contributed by atoms with van der Waals surface area (Å²) in [6.45, 7) is 5.08. The molecule has 5 nitrogen and oxygen atoms in total. The number of carbonyl (C=O) groups excluding carboxylic acids is 1. The first-order chi connectivity index (χ1) is 12.5. The predicted molar refractivity (Wildman–Crippen MR) is 99.7 cm³/mol. The lowest BCUT2D eigenvalue weighted by atomic mass is 9.88. The number of carboxylic acid groups (broad SMARTS) is 1. The number of benzene rings is 2. The third-order valence-electron chi connectivity index (χ3n) is 4.90. The number of hydrogen-bond acceptors (Lipinski definition) is 3. The van der Waals surface area contributed by atoms with Crippen LogP contribution >= 0.6 is 0 Å². The molecule has 0 aliphatic carbocycles. The minimum absolute atomic E-state index is 0.204. The van der Waals surface area contributed by atoms with E-state index in [4.69, 9.17) is 4.74 Å². The van der Waals surface area contributed by atoms with E-state index in [1.54, 1.807) is 6.08 Å². The van der Waals surface area contributed by atoms with E-state index in [2.05, 4.69) is 24.0 Å². The van der Waals surface area contributed by atoms with Gasteiger partial charge in [-0.1, -0.05) is 42.5 Å². The molecule has 0 spiro atoms. The number of carboxylic acids is 1. The van der Waals surface area contributed by atoms with E-state index in [9.17, 15) is 14.7 Å². The number of ether oxygens (including phenoxy) is 1. The third-order valence-corrected chi connectivity index (χ3v) is 4.90. The van der Waals surface area contributed by atoms with Crippen molar-refractivity contribution in [3.8, 4) is 0 Å². The van der Waals surface area contributed by atoms with Gasteiger partial charge in [0.1, 0.15) is 6.04 Å². The van der Waals surface area contributed by atoms with Crippen LogP contribution in [-0.2, 0) is 14.3 Å². The molecule has 26 heavy (non-hydrogen) atoms. The van der Waals surface area contributed by atoms with E-state index in [0.717, 1.165) is 16.3 Å². The molecular formula is C21H23NO4. The van der Waals surface area contributed by atoms with Crippen molar-refractivity contribution in [2.24, 2.45) is 5.92 Å². The standard InChI is InChI=1S/C21H23NO4/c1-3-6-18-17(20(21(24)25)22-13(2)23)12-19(26-18)16-10-9-14-7-4-5-8-15(14)11-16/h3-5,7-11,17-20H,1,6,12H2,2H3,(H,22,23)(H,24,25)/t17-,18-,19?,20?/m0/s1. The minimum Gasteiger partial charge on any atom is -0.480 e. The fraction of sp³-hybridized carbons (Fsp3) is 0.333. The van der Waals surface area contributed by atoms with E-state index in [1.165, 1.54) is 6.92 Å². The van der Waals surface area contributed by atoms with Crippen molar-refractivity contribution in [3.05, 3.63) is 60.7 Å². The SMILES string of the molecule is C=CC[C@@H]1OC(c2ccc3ccccc3c2)C[C@@H]1C(NC(C)=O)C(=O)O. The minimum atomic E-state index is -1.04. The zero-order valence-electron chi connectivity index (χ0n) is 14.7. The van der Waals surface area contributed by atoms with Gasteiger partial charge in [0.05, 0.1) is 12.2 Å². The van der Waals surface area contributed by atoms with E-state index in [0.29, 0.717) is 12.8 Å². The van der Waals surface area contributed by atoms with Gasteiger partial charge in [0.25, 0.3) is 0 Å². The van der Waals surface area contributed by atoms with Gasteiger partial charge in [-0.15, -0.1) is 6.58 Å². The Labute approximate surface area is 152 Å². The smallest absolute Gasteiger partial charge is 0.326 e. The zero-order valence-corrected chi connectivity index (χ0v) is 14.7. The lowest BCUT2D eigenvalue weighted by Gasteiger charge is -2.24. The number of nitrogens with one attached hydrogen (secondary N) is 1. The van der Waals surface area contributed by atoms with Gasteiger partial charge in [0.15, 0.2) is 0 Å². The Morgan fingerprint density at radius 3 is 2.69 bits per heavy atom. The molecule has 1 heterocycles. The van der Waals surface area contributed by atoms with E-state index in [1.807, 2.05) is 30.3 Å². The van der Waals surface area contributed by atoms with Crippen LogP contribution in [0, 0.1) is 5.92 Å². The number of rotatable bonds is 6. The summed E-state index contributed by atoms with van der Waals surface area (Å²) in [6, 6.07) is 13.3. The van der Waals surface area contributed by atoms with Crippen LogP contribution in [-0.4, -0.2) is 29.1 Å². The molecule has 2 aromatic rings. The Morgan fingerprint density at radius 1 is 1.31 bits per heavy atom. The number of amides is 1. The molecule has 3 rings (SSSR count). The van der Waals surface area contributed by atoms with Crippen LogP contribution in [0.15, 0.2) is 55.1 Å². The maximum absolute atomic E-state index is 11.7. The molecule has 0 bridgehead atoms. The van der Waals surface area contributed by atoms with E-state index >= 15 is 0 Å². The van der Waals surface area contributed by atoms with Crippen LogP contribution < -0.4 is 5.32 Å². The summed E-state index contributed by atoms with van der Waals surface area (Å²) in [6.07, 6.45) is 2.31. The average molecular weight is 353 g/mol. The predicted octanol–water partition coefficient (Wildman–Crippen LogP) is 3.45. The Hall–Kier alpha value is -2.66. The van der Waals surface area contributed by atoms with Crippen molar-refractivity contribution in [1.82, 2.24) is 5.32 Å². The fourth-order valence-electron chi connectivity index (χ4n) is 3.71. The summed E-state index contributed by atoms with van der Waals surface area (Å²) >= 11 is 0. The highest BCUT2D eigenvalue weighted by Gasteiger charge is 2.43. The fourth-order valence-corrected chi connectivity index (χ4v) is 3.71. The largest absolute Gasteiger partial charge is 0.480 e. The van der Waals surface area contributed by atoms with Crippen molar-refractivity contribution >= 4 is 22.6 Å². The normalized spacial score (nSPS) is 23.5. The molecule has 0 aromatic heterocycles. The second kappa shape index (κ2) is 7.70. The number of fused-ring (bicyclic) bond motifs is 1. The summed E-state index contributed by atoms with van der Waals surface area (Å²) in [5.74, 6) is -1.71. The van der Waals surface area contributed by atoms with E-state index < -0.39 is 12.0 Å². The Morgan fingerprint density at radius 2 is 2.04 bits per heavy atom. The topological polar surface area (TPSA) is 75.6 Å². The molecule has 1 aliphatic heterocycles. The van der Waals surface area contributed by atoms with Crippen LogP contribution in [0.25, 0.3) is 10.8 Å². The summed E-state index contributed by atoms with van der Waals surface area (Å²) in [5, 5.41) is 14.4. The first kappa shape index (κ1) is 18.1. The quantitative estimate of drug-likeness (QED) is 0.780. The first-order valence-electron chi connectivity index (χ1n) is 8.74. The van der Waals surface area contributed by atoms with Crippen LogP contribution in [0.4, 0.5) is 0 Å². The van der Waals surface area contributed by atoms with Crippen LogP contribution in [0.1, 0.15) is 31.4 Å². The Bertz CT molecular complexity index is 832. The maximum Gasteiger partial charge on any atom is 0.326 e. The van der Waals surface area contributed by atoms with Crippen LogP contribution in [0.3, 0.4) is 0 Å². The van der Waals surface area contributed by atoms with Gasteiger partial charge in [-0.3, -0.25) is 4.79 Å². The van der Waals surface area contributed by atoms with Gasteiger partial charge in [-0.2, -0.15) is 0 Å². The van der Waals surface area contributed by atoms with Gasteiger partial charge in [0.2, 0.25) is 5.91 Å². The van der Waals surface area contributed by atoms with Gasteiger partial charge in [-0.05, 0) is 35.2 Å². The summed E-state index contributed by atoms with van der Waals surface area (Å²) < 4.78 is 6.18. The van der Waals surface area contributed by atoms with Gasteiger partial charge < -0.3 is 15.2 Å². The average Bonchev–Trinajstić information content (AvgIpc) is 3.03. The highest BCUT2D eigenvalue weighted by atomic mass is 16.5. The Kier molecular flexibility index (Phi) is 5.38.